The molecule has 3 aromatic rings. The van der Waals surface area contributed by atoms with Gasteiger partial charge in [-0.05, 0) is 25.1 Å². The maximum absolute atomic E-state index is 14.1. The van der Waals surface area contributed by atoms with Crippen LogP contribution in [0.2, 0.25) is 0 Å². The van der Waals surface area contributed by atoms with E-state index in [1.54, 1.807) is 29.2 Å². The van der Waals surface area contributed by atoms with Crippen molar-refractivity contribution in [3.8, 4) is 0 Å². The van der Waals surface area contributed by atoms with Crippen molar-refractivity contribution in [3.05, 3.63) is 75.8 Å². The van der Waals surface area contributed by atoms with Crippen LogP contribution in [0, 0.1) is 11.6 Å². The fourth-order valence-corrected chi connectivity index (χ4v) is 3.69. The molecular formula is C21H20F2N4O2. The van der Waals surface area contributed by atoms with Gasteiger partial charge >= 0.3 is 0 Å². The monoisotopic (exact) mass is 398 g/mol. The summed E-state index contributed by atoms with van der Waals surface area (Å²) in [5, 5.41) is 0.434. The molecule has 1 fully saturated rings. The Morgan fingerprint density at radius 1 is 1.10 bits per heavy atom. The average Bonchev–Trinajstić information content (AvgIpc) is 2.73. The van der Waals surface area contributed by atoms with Gasteiger partial charge in [0, 0.05) is 43.9 Å². The van der Waals surface area contributed by atoms with Gasteiger partial charge in [0.15, 0.2) is 5.82 Å². The van der Waals surface area contributed by atoms with Crippen LogP contribution < -0.4 is 5.56 Å². The highest BCUT2D eigenvalue weighted by Crippen LogP contribution is 2.25. The van der Waals surface area contributed by atoms with Gasteiger partial charge in [-0.3, -0.25) is 14.5 Å². The van der Waals surface area contributed by atoms with Crippen molar-refractivity contribution in [2.45, 2.75) is 13.0 Å². The van der Waals surface area contributed by atoms with Gasteiger partial charge in [-0.2, -0.15) is 0 Å². The lowest BCUT2D eigenvalue weighted by atomic mass is 10.1. The largest absolute Gasteiger partial charge is 0.333 e. The van der Waals surface area contributed by atoms with Crippen LogP contribution in [0.15, 0.2) is 47.3 Å². The fourth-order valence-electron chi connectivity index (χ4n) is 3.69. The standard InChI is InChI=1S/C21H20F2N4O2/c1-13(15-7-6-14(22)12-17(15)23)26-8-10-27(11-9-26)21(29)19-24-18-5-3-2-4-16(18)20(28)25-19/h2-7,12-13H,8-11H2,1H3,(H,24,25,28). The number of carbonyl (C=O) groups is 1. The molecule has 6 nitrogen and oxygen atoms in total. The summed E-state index contributed by atoms with van der Waals surface area (Å²) in [4.78, 5) is 35.5. The minimum Gasteiger partial charge on any atom is -0.333 e. The first-order valence-electron chi connectivity index (χ1n) is 9.41. The zero-order valence-electron chi connectivity index (χ0n) is 15.9. The molecule has 1 unspecified atom stereocenters. The maximum Gasteiger partial charge on any atom is 0.289 e. The number of nitrogens with zero attached hydrogens (tertiary/aromatic N) is 3. The van der Waals surface area contributed by atoms with Crippen LogP contribution in [0.5, 0.6) is 0 Å². The van der Waals surface area contributed by atoms with Crippen molar-refractivity contribution in [1.29, 1.82) is 0 Å². The number of H-pyrrole nitrogens is 1. The van der Waals surface area contributed by atoms with Gasteiger partial charge in [0.1, 0.15) is 11.6 Å². The Hall–Kier alpha value is -3.13. The number of hydrogen-bond acceptors (Lipinski definition) is 4. The van der Waals surface area contributed by atoms with Gasteiger partial charge in [-0.15, -0.1) is 0 Å². The van der Waals surface area contributed by atoms with Crippen LogP contribution in [-0.2, 0) is 0 Å². The summed E-state index contributed by atoms with van der Waals surface area (Å²) in [6.45, 7) is 3.75. The van der Waals surface area contributed by atoms with Gasteiger partial charge in [-0.1, -0.05) is 18.2 Å². The normalized spacial score (nSPS) is 16.2. The third-order valence-corrected chi connectivity index (χ3v) is 5.38. The molecule has 2 aromatic carbocycles. The molecule has 29 heavy (non-hydrogen) atoms. The topological polar surface area (TPSA) is 69.3 Å². The number of aromatic nitrogens is 2. The van der Waals surface area contributed by atoms with Crippen LogP contribution in [0.3, 0.4) is 0 Å². The van der Waals surface area contributed by atoms with Gasteiger partial charge in [0.2, 0.25) is 0 Å². The van der Waals surface area contributed by atoms with E-state index in [9.17, 15) is 18.4 Å². The maximum atomic E-state index is 14.1. The second-order valence-electron chi connectivity index (χ2n) is 7.10. The lowest BCUT2D eigenvalue weighted by Gasteiger charge is -2.38. The van der Waals surface area contributed by atoms with E-state index in [0.29, 0.717) is 42.6 Å². The Morgan fingerprint density at radius 2 is 1.83 bits per heavy atom. The summed E-state index contributed by atoms with van der Waals surface area (Å²) in [6, 6.07) is 10.2. The number of hydrogen-bond donors (Lipinski definition) is 1. The first-order valence-corrected chi connectivity index (χ1v) is 9.41. The molecule has 150 valence electrons. The van der Waals surface area contributed by atoms with Crippen molar-refractivity contribution in [3.63, 3.8) is 0 Å². The Labute approximate surface area is 165 Å². The molecule has 1 saturated heterocycles. The third-order valence-electron chi connectivity index (χ3n) is 5.38. The van der Waals surface area contributed by atoms with Gasteiger partial charge in [-0.25, -0.2) is 13.8 Å². The van der Waals surface area contributed by atoms with Gasteiger partial charge in [0.25, 0.3) is 11.5 Å². The first kappa shape index (κ1) is 19.2. The summed E-state index contributed by atoms with van der Waals surface area (Å²) < 4.78 is 27.2. The number of benzene rings is 2. The summed E-state index contributed by atoms with van der Waals surface area (Å²) in [6.07, 6.45) is 0. The molecule has 0 radical (unpaired) electrons. The molecule has 2 heterocycles. The Balaban J connectivity index is 1.47. The Morgan fingerprint density at radius 3 is 2.55 bits per heavy atom. The molecule has 8 heteroatoms. The Bertz CT molecular complexity index is 1120. The number of amides is 1. The highest BCUT2D eigenvalue weighted by Gasteiger charge is 2.27. The van der Waals surface area contributed by atoms with E-state index in [-0.39, 0.29) is 23.3 Å². The van der Waals surface area contributed by atoms with Crippen molar-refractivity contribution < 1.29 is 13.6 Å². The Kier molecular flexibility index (Phi) is 5.10. The molecule has 0 aliphatic carbocycles. The highest BCUT2D eigenvalue weighted by molar-refractivity contribution is 5.92. The summed E-state index contributed by atoms with van der Waals surface area (Å²) in [5.41, 5.74) is 0.545. The zero-order valence-corrected chi connectivity index (χ0v) is 15.9. The summed E-state index contributed by atoms with van der Waals surface area (Å²) in [7, 11) is 0. The predicted molar refractivity (Wildman–Crippen MR) is 105 cm³/mol. The van der Waals surface area contributed by atoms with E-state index in [4.69, 9.17) is 0 Å². The molecule has 1 aliphatic rings. The van der Waals surface area contributed by atoms with Crippen LogP contribution in [0.1, 0.15) is 29.1 Å². The molecule has 1 amide bonds. The van der Waals surface area contributed by atoms with E-state index < -0.39 is 11.6 Å². The number of para-hydroxylation sites is 1. The fraction of sp³-hybridized carbons (Fsp3) is 0.286. The molecule has 4 rings (SSSR count). The second-order valence-corrected chi connectivity index (χ2v) is 7.10. The minimum atomic E-state index is -0.606. The van der Waals surface area contributed by atoms with Crippen molar-refractivity contribution in [2.75, 3.05) is 26.2 Å². The van der Waals surface area contributed by atoms with Crippen molar-refractivity contribution >= 4 is 16.8 Å². The number of aromatic amines is 1. The lowest BCUT2D eigenvalue weighted by Crippen LogP contribution is -2.49. The molecule has 0 saturated carbocycles. The summed E-state index contributed by atoms with van der Waals surface area (Å²) in [5.74, 6) is -1.51. The third kappa shape index (κ3) is 3.75. The predicted octanol–water partition coefficient (Wildman–Crippen LogP) is 2.72. The molecule has 0 spiro atoms. The zero-order chi connectivity index (χ0) is 20.5. The summed E-state index contributed by atoms with van der Waals surface area (Å²) >= 11 is 0. The molecule has 0 bridgehead atoms. The van der Waals surface area contributed by atoms with Crippen LogP contribution in [0.4, 0.5) is 8.78 Å². The molecule has 1 atom stereocenters. The lowest BCUT2D eigenvalue weighted by molar-refractivity contribution is 0.0568. The van der Waals surface area contributed by atoms with Crippen LogP contribution in [0.25, 0.3) is 10.9 Å². The second kappa shape index (κ2) is 7.71. The molecular weight excluding hydrogens is 378 g/mol. The average molecular weight is 398 g/mol. The first-order chi connectivity index (χ1) is 13.9. The number of piperazine rings is 1. The quantitative estimate of drug-likeness (QED) is 0.737. The van der Waals surface area contributed by atoms with E-state index in [1.165, 1.54) is 12.1 Å². The number of rotatable bonds is 3. The van der Waals surface area contributed by atoms with E-state index >= 15 is 0 Å². The van der Waals surface area contributed by atoms with Crippen LogP contribution in [-0.4, -0.2) is 51.9 Å². The van der Waals surface area contributed by atoms with Gasteiger partial charge in [0.05, 0.1) is 10.9 Å². The van der Waals surface area contributed by atoms with E-state index in [2.05, 4.69) is 9.97 Å². The number of halogens is 2. The molecule has 1 aliphatic heterocycles. The van der Waals surface area contributed by atoms with Crippen molar-refractivity contribution in [2.24, 2.45) is 0 Å². The number of nitrogens with one attached hydrogen (secondary N) is 1. The van der Waals surface area contributed by atoms with Gasteiger partial charge < -0.3 is 9.88 Å². The van der Waals surface area contributed by atoms with E-state index in [0.717, 1.165) is 6.07 Å². The smallest absolute Gasteiger partial charge is 0.289 e. The minimum absolute atomic E-state index is 0.0137. The van der Waals surface area contributed by atoms with E-state index in [1.807, 2.05) is 11.8 Å². The number of fused-ring (bicyclic) bond motifs is 1. The highest BCUT2D eigenvalue weighted by atomic mass is 19.1. The molecule has 1 N–H and O–H groups in total. The molecule has 1 aromatic heterocycles. The SMILES string of the molecule is CC(c1ccc(F)cc1F)N1CCN(C(=O)c2nc3ccccc3c(=O)[nH]2)CC1. The number of carbonyl (C=O) groups excluding carboxylic acids is 1. The van der Waals surface area contributed by atoms with Crippen molar-refractivity contribution in [1.82, 2.24) is 19.8 Å². The van der Waals surface area contributed by atoms with Crippen LogP contribution >= 0.6 is 0 Å².